The Balaban J connectivity index is 1.69. The van der Waals surface area contributed by atoms with E-state index in [1.165, 1.54) is 54.3 Å². The standard InChI is InChI=1S/C30H22/c1-29-22-7-5-8-23(29)14-15-28-27-18-26-20(11-10-19-6-3-4-9-25(19)26)16-21(27)17-24(13-12-22)30(28,29)2/h3-18H,1-2H3/t29-,30-/m0/s1. The summed E-state index contributed by atoms with van der Waals surface area (Å²) >= 11 is 0. The van der Waals surface area contributed by atoms with E-state index < -0.39 is 0 Å². The molecule has 0 spiro atoms. The van der Waals surface area contributed by atoms with Crippen molar-refractivity contribution in [3.05, 3.63) is 118 Å². The number of allylic oxidation sites excluding steroid dienone is 10. The molecule has 0 aromatic heterocycles. The second kappa shape index (κ2) is 5.21. The molecule has 30 heavy (non-hydrogen) atoms. The first-order chi connectivity index (χ1) is 14.6. The van der Waals surface area contributed by atoms with Crippen LogP contribution in [0.5, 0.6) is 0 Å². The van der Waals surface area contributed by atoms with Crippen LogP contribution in [0.1, 0.15) is 13.8 Å². The summed E-state index contributed by atoms with van der Waals surface area (Å²) in [4.78, 5) is 0. The maximum Gasteiger partial charge on any atom is 0.0315 e. The molecule has 0 heteroatoms. The van der Waals surface area contributed by atoms with Crippen LogP contribution in [0, 0.1) is 10.8 Å². The maximum atomic E-state index is 2.45. The molecule has 0 saturated heterocycles. The summed E-state index contributed by atoms with van der Waals surface area (Å²) in [5.74, 6) is 0. The van der Waals surface area contributed by atoms with Crippen molar-refractivity contribution >= 4 is 33.2 Å². The molecule has 4 aliphatic rings. The molecule has 0 aliphatic heterocycles. The van der Waals surface area contributed by atoms with E-state index in [1.807, 2.05) is 0 Å². The van der Waals surface area contributed by atoms with Crippen LogP contribution >= 0.6 is 0 Å². The summed E-state index contributed by atoms with van der Waals surface area (Å²) < 4.78 is 0. The molecule has 2 atom stereocenters. The minimum Gasteiger partial charge on any atom is -0.0617 e. The maximum absolute atomic E-state index is 2.45. The lowest BCUT2D eigenvalue weighted by atomic mass is 9.47. The molecule has 0 saturated carbocycles. The number of fused-ring (bicyclic) bond motifs is 4. The second-order valence-corrected chi connectivity index (χ2v) is 9.31. The van der Waals surface area contributed by atoms with E-state index in [0.29, 0.717) is 0 Å². The number of hydrogen-bond donors (Lipinski definition) is 0. The molecule has 0 heterocycles. The van der Waals surface area contributed by atoms with Gasteiger partial charge in [-0.05, 0) is 66.4 Å². The molecule has 0 unspecified atom stereocenters. The van der Waals surface area contributed by atoms with Gasteiger partial charge in [-0.25, -0.2) is 0 Å². The van der Waals surface area contributed by atoms with Gasteiger partial charge in [-0.1, -0.05) is 98.9 Å². The highest BCUT2D eigenvalue weighted by atomic mass is 14.6. The Bertz CT molecular complexity index is 1600. The van der Waals surface area contributed by atoms with Crippen molar-refractivity contribution in [1.82, 2.24) is 0 Å². The molecular weight excluding hydrogens is 360 g/mol. The fourth-order valence-corrected chi connectivity index (χ4v) is 6.32. The van der Waals surface area contributed by atoms with Gasteiger partial charge in [0.1, 0.15) is 0 Å². The van der Waals surface area contributed by atoms with Crippen molar-refractivity contribution in [2.75, 3.05) is 0 Å². The topological polar surface area (TPSA) is 0 Å². The third kappa shape index (κ3) is 1.71. The SMILES string of the molecule is C[C@@]12C3=CC=CC1=CC=C1C=c4cc5ccc6ccccc6c5cc4=C(C=C3)[C@]12C. The van der Waals surface area contributed by atoms with Crippen molar-refractivity contribution < 1.29 is 0 Å². The third-order valence-corrected chi connectivity index (χ3v) is 8.21. The molecule has 0 nitrogen and oxygen atoms in total. The lowest BCUT2D eigenvalue weighted by Gasteiger charge is -2.55. The number of hydrogen-bond acceptors (Lipinski definition) is 0. The van der Waals surface area contributed by atoms with E-state index in [9.17, 15) is 0 Å². The van der Waals surface area contributed by atoms with Crippen LogP contribution in [-0.4, -0.2) is 0 Å². The summed E-state index contributed by atoms with van der Waals surface area (Å²) in [7, 11) is 0. The van der Waals surface area contributed by atoms with Gasteiger partial charge in [-0.15, -0.1) is 0 Å². The van der Waals surface area contributed by atoms with E-state index in [-0.39, 0.29) is 10.8 Å². The van der Waals surface area contributed by atoms with Gasteiger partial charge in [0.05, 0.1) is 0 Å². The molecule has 0 amide bonds. The predicted molar refractivity (Wildman–Crippen MR) is 127 cm³/mol. The molecular formula is C30H22. The highest BCUT2D eigenvalue weighted by molar-refractivity contribution is 6.07. The van der Waals surface area contributed by atoms with E-state index in [0.717, 1.165) is 0 Å². The fourth-order valence-electron chi connectivity index (χ4n) is 6.32. The van der Waals surface area contributed by atoms with Gasteiger partial charge < -0.3 is 0 Å². The summed E-state index contributed by atoms with van der Waals surface area (Å²) in [5.41, 5.74) is 5.60. The van der Waals surface area contributed by atoms with Gasteiger partial charge in [0.15, 0.2) is 0 Å². The molecule has 3 aromatic carbocycles. The molecule has 0 N–H and O–H groups in total. The van der Waals surface area contributed by atoms with Crippen LogP contribution in [0.3, 0.4) is 0 Å². The Morgan fingerprint density at radius 2 is 1.43 bits per heavy atom. The number of rotatable bonds is 0. The average molecular weight is 383 g/mol. The molecule has 7 rings (SSSR count). The molecule has 4 aliphatic carbocycles. The van der Waals surface area contributed by atoms with Crippen LogP contribution in [-0.2, 0) is 0 Å². The normalized spacial score (nSPS) is 27.8. The van der Waals surface area contributed by atoms with Crippen molar-refractivity contribution in [3.63, 3.8) is 0 Å². The van der Waals surface area contributed by atoms with Crippen LogP contribution in [0.2, 0.25) is 0 Å². The zero-order valence-electron chi connectivity index (χ0n) is 17.2. The van der Waals surface area contributed by atoms with Crippen LogP contribution in [0.4, 0.5) is 0 Å². The van der Waals surface area contributed by atoms with Gasteiger partial charge in [0.25, 0.3) is 0 Å². The first kappa shape index (κ1) is 16.4. The van der Waals surface area contributed by atoms with Gasteiger partial charge in [-0.2, -0.15) is 0 Å². The Morgan fingerprint density at radius 1 is 0.633 bits per heavy atom. The van der Waals surface area contributed by atoms with Gasteiger partial charge in [0, 0.05) is 10.8 Å². The second-order valence-electron chi connectivity index (χ2n) is 9.31. The Kier molecular flexibility index (Phi) is 2.85. The Morgan fingerprint density at radius 3 is 2.37 bits per heavy atom. The highest BCUT2D eigenvalue weighted by Crippen LogP contribution is 2.64. The molecule has 0 bridgehead atoms. The van der Waals surface area contributed by atoms with Crippen molar-refractivity contribution in [2.45, 2.75) is 13.8 Å². The Labute approximate surface area is 176 Å². The predicted octanol–water partition coefficient (Wildman–Crippen LogP) is 5.88. The van der Waals surface area contributed by atoms with Crippen LogP contribution in [0.15, 0.2) is 108 Å². The van der Waals surface area contributed by atoms with Crippen molar-refractivity contribution in [1.29, 1.82) is 0 Å². The summed E-state index contributed by atoms with van der Waals surface area (Å²) in [6, 6.07) is 18.1. The van der Waals surface area contributed by atoms with E-state index in [1.54, 1.807) is 0 Å². The number of benzene rings is 3. The van der Waals surface area contributed by atoms with Gasteiger partial charge in [0.2, 0.25) is 0 Å². The molecule has 0 fully saturated rings. The minimum atomic E-state index is -0.0618. The zero-order valence-corrected chi connectivity index (χ0v) is 17.2. The van der Waals surface area contributed by atoms with Crippen molar-refractivity contribution in [2.24, 2.45) is 10.8 Å². The third-order valence-electron chi connectivity index (χ3n) is 8.21. The lowest BCUT2D eigenvalue weighted by Crippen LogP contribution is -2.51. The van der Waals surface area contributed by atoms with Crippen LogP contribution in [0.25, 0.3) is 33.2 Å². The van der Waals surface area contributed by atoms with Crippen molar-refractivity contribution in [3.8, 4) is 0 Å². The zero-order chi connectivity index (χ0) is 20.1. The van der Waals surface area contributed by atoms with Gasteiger partial charge in [-0.3, -0.25) is 0 Å². The van der Waals surface area contributed by atoms with E-state index in [2.05, 4.69) is 111 Å². The average Bonchev–Trinajstić information content (AvgIpc) is 2.76. The summed E-state index contributed by atoms with van der Waals surface area (Å²) in [5, 5.41) is 8.01. The first-order valence-corrected chi connectivity index (χ1v) is 10.8. The van der Waals surface area contributed by atoms with E-state index >= 15 is 0 Å². The monoisotopic (exact) mass is 382 g/mol. The van der Waals surface area contributed by atoms with E-state index in [4.69, 9.17) is 0 Å². The minimum absolute atomic E-state index is 0.0299. The quantitative estimate of drug-likeness (QED) is 0.426. The summed E-state index contributed by atoms with van der Waals surface area (Å²) in [6.45, 7) is 4.88. The lowest BCUT2D eigenvalue weighted by molar-refractivity contribution is 0.279. The fraction of sp³-hybridized carbons (Fsp3) is 0.133. The molecule has 0 radical (unpaired) electrons. The molecule has 142 valence electrons. The smallest absolute Gasteiger partial charge is 0.0315 e. The van der Waals surface area contributed by atoms with Gasteiger partial charge >= 0.3 is 0 Å². The largest absolute Gasteiger partial charge is 0.0617 e. The molecule has 3 aromatic rings. The van der Waals surface area contributed by atoms with Crippen LogP contribution < -0.4 is 10.4 Å². The Hall–Kier alpha value is -3.38. The highest BCUT2D eigenvalue weighted by Gasteiger charge is 2.55. The summed E-state index contributed by atoms with van der Waals surface area (Å²) in [6.07, 6.45) is 18.6. The first-order valence-electron chi connectivity index (χ1n) is 10.8.